The molecule has 88 valence electrons. The third kappa shape index (κ3) is 1.78. The molecule has 0 radical (unpaired) electrons. The summed E-state index contributed by atoms with van der Waals surface area (Å²) in [5.74, 6) is -0.263. The zero-order valence-electron chi connectivity index (χ0n) is 9.38. The van der Waals surface area contributed by atoms with E-state index in [-0.39, 0.29) is 5.91 Å². The van der Waals surface area contributed by atoms with Crippen molar-refractivity contribution in [2.45, 2.75) is 4.83 Å². The van der Waals surface area contributed by atoms with Crippen molar-refractivity contribution >= 4 is 38.2 Å². The predicted octanol–water partition coefficient (Wildman–Crippen LogP) is 3.94. The fraction of sp³-hybridized carbons (Fsp3) is 0.0714. The maximum absolute atomic E-state index is 11.6. The lowest BCUT2D eigenvalue weighted by atomic mass is 9.96. The fourth-order valence-electron chi connectivity index (χ4n) is 2.08. The summed E-state index contributed by atoms with van der Waals surface area (Å²) >= 11 is 3.37. The minimum atomic E-state index is -0.416. The largest absolute Gasteiger partial charge is 0.282 e. The van der Waals surface area contributed by atoms with E-state index in [0.717, 1.165) is 21.9 Å². The molecule has 18 heavy (non-hydrogen) atoms. The molecule has 1 unspecified atom stereocenters. The second-order valence-corrected chi connectivity index (χ2v) is 4.94. The molecular formula is C14H9BrN2O. The lowest BCUT2D eigenvalue weighted by Gasteiger charge is -2.15. The van der Waals surface area contributed by atoms with Crippen LogP contribution in [-0.4, -0.2) is 10.7 Å². The highest BCUT2D eigenvalue weighted by Crippen LogP contribution is 2.32. The molecule has 0 bridgehead atoms. The van der Waals surface area contributed by atoms with E-state index in [4.69, 9.17) is 0 Å². The van der Waals surface area contributed by atoms with Crippen LogP contribution in [0.3, 0.4) is 0 Å². The number of carbonyl (C=O) groups excluding carboxylic acids is 1. The van der Waals surface area contributed by atoms with Gasteiger partial charge in [0.25, 0.3) is 5.91 Å². The number of carbonyl (C=O) groups is 1. The summed E-state index contributed by atoms with van der Waals surface area (Å²) < 4.78 is 0. The monoisotopic (exact) mass is 300 g/mol. The minimum Gasteiger partial charge on any atom is -0.269 e. The highest BCUT2D eigenvalue weighted by atomic mass is 79.9. The summed E-state index contributed by atoms with van der Waals surface area (Å²) in [6, 6.07) is 14.1. The van der Waals surface area contributed by atoms with Gasteiger partial charge in [0, 0.05) is 5.57 Å². The zero-order chi connectivity index (χ0) is 12.5. The summed E-state index contributed by atoms with van der Waals surface area (Å²) in [6.45, 7) is 0. The van der Waals surface area contributed by atoms with Crippen LogP contribution in [0.5, 0.6) is 0 Å². The van der Waals surface area contributed by atoms with Crippen molar-refractivity contribution in [1.82, 2.24) is 0 Å². The van der Waals surface area contributed by atoms with E-state index in [1.165, 1.54) is 0 Å². The number of alkyl halides is 1. The Bertz CT molecular complexity index is 686. The second-order valence-electron chi connectivity index (χ2n) is 4.03. The van der Waals surface area contributed by atoms with Crippen molar-refractivity contribution in [3.8, 4) is 0 Å². The van der Waals surface area contributed by atoms with Gasteiger partial charge in [-0.25, -0.2) is 0 Å². The molecule has 4 heteroatoms. The minimum absolute atomic E-state index is 0.263. The van der Waals surface area contributed by atoms with E-state index in [9.17, 15) is 4.79 Å². The molecule has 0 saturated carbocycles. The van der Waals surface area contributed by atoms with Gasteiger partial charge < -0.3 is 0 Å². The Labute approximate surface area is 112 Å². The first-order chi connectivity index (χ1) is 8.77. The molecule has 0 saturated heterocycles. The second kappa shape index (κ2) is 4.46. The number of fused-ring (bicyclic) bond motifs is 1. The molecule has 0 spiro atoms. The van der Waals surface area contributed by atoms with Gasteiger partial charge in [0.1, 0.15) is 4.83 Å². The predicted molar refractivity (Wildman–Crippen MR) is 74.5 cm³/mol. The summed E-state index contributed by atoms with van der Waals surface area (Å²) in [5.41, 5.74) is 1.87. The molecular weight excluding hydrogens is 292 g/mol. The molecule has 0 fully saturated rings. The molecule has 0 aromatic heterocycles. The molecule has 2 aromatic carbocycles. The topological polar surface area (TPSA) is 41.8 Å². The van der Waals surface area contributed by atoms with Gasteiger partial charge in [-0.1, -0.05) is 58.4 Å². The number of benzene rings is 2. The molecule has 0 aliphatic carbocycles. The van der Waals surface area contributed by atoms with Crippen LogP contribution >= 0.6 is 15.9 Å². The summed E-state index contributed by atoms with van der Waals surface area (Å²) in [4.78, 5) is 11.1. The first-order valence-corrected chi connectivity index (χ1v) is 6.46. The standard InChI is InChI=1S/C14H9BrN2O/c15-13-12(8-16-17-14(13)18)11-7-3-5-9-4-1-2-6-10(9)11/h1-8,13H. The van der Waals surface area contributed by atoms with Gasteiger partial charge in [0.2, 0.25) is 0 Å². The molecule has 1 atom stereocenters. The van der Waals surface area contributed by atoms with Crippen molar-refractivity contribution < 1.29 is 4.79 Å². The smallest absolute Gasteiger partial charge is 0.269 e. The van der Waals surface area contributed by atoms with Crippen molar-refractivity contribution in [3.05, 3.63) is 54.2 Å². The highest BCUT2D eigenvalue weighted by Gasteiger charge is 2.24. The summed E-state index contributed by atoms with van der Waals surface area (Å²) in [5, 5.41) is 9.54. The number of amides is 1. The first-order valence-electron chi connectivity index (χ1n) is 5.54. The molecule has 3 rings (SSSR count). The van der Waals surface area contributed by atoms with Crippen LogP contribution in [0.1, 0.15) is 5.56 Å². The van der Waals surface area contributed by atoms with Crippen molar-refractivity contribution in [2.24, 2.45) is 10.2 Å². The molecule has 1 amide bonds. The van der Waals surface area contributed by atoms with E-state index < -0.39 is 4.83 Å². The van der Waals surface area contributed by atoms with Crippen molar-refractivity contribution in [1.29, 1.82) is 0 Å². The zero-order valence-corrected chi connectivity index (χ0v) is 11.0. The van der Waals surface area contributed by atoms with Crippen LogP contribution in [0, 0.1) is 0 Å². The number of nitrogens with zero attached hydrogens (tertiary/aromatic N) is 2. The van der Waals surface area contributed by atoms with Crippen LogP contribution < -0.4 is 0 Å². The van der Waals surface area contributed by atoms with E-state index >= 15 is 0 Å². The number of hydrogen-bond acceptors (Lipinski definition) is 2. The van der Waals surface area contributed by atoms with Crippen LogP contribution in [0.15, 0.2) is 58.9 Å². The van der Waals surface area contributed by atoms with Gasteiger partial charge in [-0.05, 0) is 16.3 Å². The Morgan fingerprint density at radius 3 is 2.72 bits per heavy atom. The number of rotatable bonds is 1. The lowest BCUT2D eigenvalue weighted by Crippen LogP contribution is -2.15. The molecule has 2 aromatic rings. The van der Waals surface area contributed by atoms with Crippen molar-refractivity contribution in [2.75, 3.05) is 0 Å². The van der Waals surface area contributed by atoms with E-state index in [1.807, 2.05) is 30.3 Å². The van der Waals surface area contributed by atoms with E-state index in [2.05, 4.69) is 38.3 Å². The molecule has 1 aliphatic heterocycles. The lowest BCUT2D eigenvalue weighted by molar-refractivity contribution is -0.116. The van der Waals surface area contributed by atoms with Crippen LogP contribution in [0.25, 0.3) is 16.3 Å². The molecule has 1 aliphatic rings. The van der Waals surface area contributed by atoms with Gasteiger partial charge in [-0.15, -0.1) is 5.11 Å². The third-order valence-corrected chi connectivity index (χ3v) is 3.83. The maximum atomic E-state index is 11.6. The van der Waals surface area contributed by atoms with Crippen molar-refractivity contribution in [3.63, 3.8) is 0 Å². The Hall–Kier alpha value is -1.81. The highest BCUT2D eigenvalue weighted by molar-refractivity contribution is 9.10. The number of halogens is 1. The van der Waals surface area contributed by atoms with Gasteiger partial charge in [0.05, 0.1) is 6.20 Å². The van der Waals surface area contributed by atoms with Gasteiger partial charge in [-0.2, -0.15) is 5.11 Å². The van der Waals surface area contributed by atoms with Gasteiger partial charge >= 0.3 is 0 Å². The van der Waals surface area contributed by atoms with Gasteiger partial charge in [0.15, 0.2) is 0 Å². The average molecular weight is 301 g/mol. The van der Waals surface area contributed by atoms with Gasteiger partial charge in [-0.3, -0.25) is 4.79 Å². The Kier molecular flexibility index (Phi) is 2.80. The van der Waals surface area contributed by atoms with E-state index in [1.54, 1.807) is 6.20 Å². The van der Waals surface area contributed by atoms with Crippen LogP contribution in [0.4, 0.5) is 0 Å². The molecule has 3 nitrogen and oxygen atoms in total. The first kappa shape index (κ1) is 11.3. The number of hydrogen-bond donors (Lipinski definition) is 0. The SMILES string of the molecule is O=C1N=NC=C(c2cccc3ccccc23)C1Br. The normalized spacial score (nSPS) is 19.1. The Balaban J connectivity index is 2.24. The number of azo groups is 1. The molecule has 0 N–H and O–H groups in total. The Morgan fingerprint density at radius 2 is 1.83 bits per heavy atom. The van der Waals surface area contributed by atoms with Crippen LogP contribution in [0.2, 0.25) is 0 Å². The molecule has 1 heterocycles. The summed E-state index contributed by atoms with van der Waals surface area (Å²) in [6.07, 6.45) is 1.64. The van der Waals surface area contributed by atoms with E-state index in [0.29, 0.717) is 0 Å². The fourth-order valence-corrected chi connectivity index (χ4v) is 2.54. The Morgan fingerprint density at radius 1 is 1.06 bits per heavy atom. The quantitative estimate of drug-likeness (QED) is 0.736. The average Bonchev–Trinajstić information content (AvgIpc) is 2.41. The summed E-state index contributed by atoms with van der Waals surface area (Å²) in [7, 11) is 0. The third-order valence-electron chi connectivity index (χ3n) is 2.94. The maximum Gasteiger partial charge on any atom is 0.282 e. The van der Waals surface area contributed by atoms with Crippen LogP contribution in [-0.2, 0) is 4.79 Å².